The summed E-state index contributed by atoms with van der Waals surface area (Å²) in [7, 11) is 2.11. The van der Waals surface area contributed by atoms with Crippen LogP contribution in [0.15, 0.2) is 60.7 Å². The normalized spacial score (nSPS) is 13.4. The maximum absolute atomic E-state index is 13.1. The molecule has 0 spiro atoms. The van der Waals surface area contributed by atoms with Gasteiger partial charge in [0.1, 0.15) is 37.4 Å². The van der Waals surface area contributed by atoms with Crippen LogP contribution in [0.5, 0.6) is 0 Å². The van der Waals surface area contributed by atoms with Gasteiger partial charge < -0.3 is 41.0 Å². The predicted octanol–water partition coefficient (Wildman–Crippen LogP) is 3.41. The number of aliphatic carboxylic acids is 2. The molecule has 2 rings (SSSR count). The minimum absolute atomic E-state index is 0.0663. The average Bonchev–Trinajstić information content (AvgIpc) is 3.05. The molecule has 0 heterocycles. The minimum Gasteiger partial charge on any atom is -0.480 e. The summed E-state index contributed by atoms with van der Waals surface area (Å²) < 4.78 is 10.5. The van der Waals surface area contributed by atoms with Crippen LogP contribution in [0.2, 0.25) is 0 Å². The SMILES string of the molecule is CC(C)[C@@H](NC(=O)[C@H](CSSC[C@H](NC(=O)OCc1ccccc1)C(=O)N[C@@H](C(=O)O)C(C)C)NC(=O)OCc1ccccc1)C(=O)O. The van der Waals surface area contributed by atoms with Crippen molar-refractivity contribution in [2.45, 2.75) is 65.1 Å². The highest BCUT2D eigenvalue weighted by Gasteiger charge is 2.31. The fourth-order valence-corrected chi connectivity index (χ4v) is 6.27. The number of hydrogen-bond acceptors (Lipinski definition) is 10. The smallest absolute Gasteiger partial charge is 0.408 e. The van der Waals surface area contributed by atoms with Crippen LogP contribution in [0.1, 0.15) is 38.8 Å². The largest absolute Gasteiger partial charge is 0.480 e. The number of amides is 4. The van der Waals surface area contributed by atoms with Crippen molar-refractivity contribution in [1.82, 2.24) is 21.3 Å². The molecule has 2 aromatic carbocycles. The van der Waals surface area contributed by atoms with E-state index in [0.717, 1.165) is 21.6 Å². The molecule has 16 heteroatoms. The zero-order chi connectivity index (χ0) is 35.6. The zero-order valence-electron chi connectivity index (χ0n) is 27.0. The molecule has 2 aromatic rings. The van der Waals surface area contributed by atoms with E-state index >= 15 is 0 Å². The van der Waals surface area contributed by atoms with Gasteiger partial charge in [0.05, 0.1) is 0 Å². The maximum Gasteiger partial charge on any atom is 0.408 e. The highest BCUT2D eigenvalue weighted by atomic mass is 33.1. The van der Waals surface area contributed by atoms with Gasteiger partial charge in [-0.1, -0.05) is 110 Å². The van der Waals surface area contributed by atoms with E-state index in [1.807, 2.05) is 0 Å². The first kappa shape index (κ1) is 39.7. The second-order valence-electron chi connectivity index (χ2n) is 11.2. The number of rotatable bonds is 19. The molecule has 4 amide bonds. The first-order valence-corrected chi connectivity index (χ1v) is 17.5. The van der Waals surface area contributed by atoms with Crippen LogP contribution in [0.4, 0.5) is 9.59 Å². The number of carbonyl (C=O) groups is 6. The van der Waals surface area contributed by atoms with E-state index in [1.165, 1.54) is 0 Å². The fraction of sp³-hybridized carbons (Fsp3) is 0.438. The Balaban J connectivity index is 2.10. The van der Waals surface area contributed by atoms with Gasteiger partial charge in [-0.05, 0) is 23.0 Å². The van der Waals surface area contributed by atoms with Gasteiger partial charge in [-0.3, -0.25) is 9.59 Å². The summed E-state index contributed by atoms with van der Waals surface area (Å²) in [6.45, 7) is 6.36. The van der Waals surface area contributed by atoms with Gasteiger partial charge in [0, 0.05) is 11.5 Å². The van der Waals surface area contributed by atoms with Crippen molar-refractivity contribution >= 4 is 57.5 Å². The molecule has 6 N–H and O–H groups in total. The molecule has 4 atom stereocenters. The first-order chi connectivity index (χ1) is 22.8. The standard InChI is InChI=1S/C32H42N4O10S2/c1-19(2)25(29(39)40)35-27(37)23(33-31(43)45-15-21-11-7-5-8-12-21)17-47-48-18-24(28(38)36-26(20(3)4)30(41)42)34-32(44)46-16-22-13-9-6-10-14-22/h5-14,19-20,23-26H,15-18H2,1-4H3,(H,33,43)(H,34,44)(H,35,37)(H,36,38)(H,39,40)(H,41,42)/t23-,24-,25+,26+/m0/s1. The number of alkyl carbamates (subject to hydrolysis) is 2. The molecule has 48 heavy (non-hydrogen) atoms. The lowest BCUT2D eigenvalue weighted by Crippen LogP contribution is -2.54. The molecule has 0 radical (unpaired) electrons. The second-order valence-corrected chi connectivity index (χ2v) is 13.8. The Labute approximate surface area is 286 Å². The molecule has 0 saturated heterocycles. The lowest BCUT2D eigenvalue weighted by atomic mass is 10.0. The number of ether oxygens (including phenoxy) is 2. The van der Waals surface area contributed by atoms with Crippen LogP contribution in [0, 0.1) is 11.8 Å². The summed E-state index contributed by atoms with van der Waals surface area (Å²) in [4.78, 5) is 74.9. The van der Waals surface area contributed by atoms with Crippen LogP contribution < -0.4 is 21.3 Å². The number of hydrogen-bond donors (Lipinski definition) is 6. The lowest BCUT2D eigenvalue weighted by molar-refractivity contribution is -0.143. The number of benzene rings is 2. The summed E-state index contributed by atoms with van der Waals surface area (Å²) in [5.41, 5.74) is 1.43. The van der Waals surface area contributed by atoms with Crippen LogP contribution >= 0.6 is 21.6 Å². The van der Waals surface area contributed by atoms with Crippen molar-refractivity contribution in [2.24, 2.45) is 11.8 Å². The molecular weight excluding hydrogens is 665 g/mol. The van der Waals surface area contributed by atoms with E-state index in [2.05, 4.69) is 21.3 Å². The Morgan fingerprint density at radius 2 is 0.917 bits per heavy atom. The Morgan fingerprint density at radius 3 is 1.21 bits per heavy atom. The topological polar surface area (TPSA) is 209 Å². The van der Waals surface area contributed by atoms with Gasteiger partial charge in [0.15, 0.2) is 0 Å². The summed E-state index contributed by atoms with van der Waals surface area (Å²) in [6.07, 6.45) is -1.82. The van der Waals surface area contributed by atoms with Crippen molar-refractivity contribution < 1.29 is 48.5 Å². The Hall–Kier alpha value is -4.44. The summed E-state index contributed by atoms with van der Waals surface area (Å²) >= 11 is 0. The van der Waals surface area contributed by atoms with Crippen LogP contribution in [-0.4, -0.2) is 81.8 Å². The van der Waals surface area contributed by atoms with Gasteiger partial charge in [-0.2, -0.15) is 0 Å². The Bertz CT molecular complexity index is 1260. The number of carboxylic acids is 2. The van der Waals surface area contributed by atoms with E-state index in [4.69, 9.17) is 9.47 Å². The van der Waals surface area contributed by atoms with E-state index in [0.29, 0.717) is 11.1 Å². The molecule has 0 bridgehead atoms. The fourth-order valence-electron chi connectivity index (χ4n) is 3.95. The molecule has 0 aliphatic rings. The highest BCUT2D eigenvalue weighted by Crippen LogP contribution is 2.24. The van der Waals surface area contributed by atoms with Gasteiger partial charge in [0.25, 0.3) is 0 Å². The van der Waals surface area contributed by atoms with Crippen molar-refractivity contribution in [3.63, 3.8) is 0 Å². The zero-order valence-corrected chi connectivity index (χ0v) is 28.7. The van der Waals surface area contributed by atoms with E-state index in [-0.39, 0.29) is 24.7 Å². The predicted molar refractivity (Wildman–Crippen MR) is 181 cm³/mol. The Morgan fingerprint density at radius 1 is 0.583 bits per heavy atom. The van der Waals surface area contributed by atoms with Crippen LogP contribution in [0.3, 0.4) is 0 Å². The third-order valence-corrected chi connectivity index (χ3v) is 9.08. The van der Waals surface area contributed by atoms with Gasteiger partial charge in [0.2, 0.25) is 11.8 Å². The summed E-state index contributed by atoms with van der Waals surface area (Å²) in [5.74, 6) is -5.09. The monoisotopic (exact) mass is 706 g/mol. The van der Waals surface area contributed by atoms with Crippen molar-refractivity contribution in [3.8, 4) is 0 Å². The summed E-state index contributed by atoms with van der Waals surface area (Å²) in [6, 6.07) is 12.8. The van der Waals surface area contributed by atoms with Gasteiger partial charge in [-0.25, -0.2) is 19.2 Å². The molecule has 0 fully saturated rings. The maximum atomic E-state index is 13.1. The van der Waals surface area contributed by atoms with E-state index in [1.54, 1.807) is 88.4 Å². The number of carbonyl (C=O) groups excluding carboxylic acids is 4. The van der Waals surface area contributed by atoms with E-state index < -0.39 is 71.9 Å². The number of nitrogens with one attached hydrogen (secondary N) is 4. The molecule has 0 aliphatic carbocycles. The molecule has 0 aromatic heterocycles. The molecular formula is C32H42N4O10S2. The van der Waals surface area contributed by atoms with E-state index in [9.17, 15) is 39.0 Å². The quantitative estimate of drug-likeness (QED) is 0.0918. The lowest BCUT2D eigenvalue weighted by Gasteiger charge is -2.24. The number of carboxylic acid groups (broad SMARTS) is 2. The average molecular weight is 707 g/mol. The molecule has 0 unspecified atom stereocenters. The third-order valence-electron chi connectivity index (χ3n) is 6.66. The minimum atomic E-state index is -1.24. The third kappa shape index (κ3) is 14.5. The van der Waals surface area contributed by atoms with Gasteiger partial charge in [-0.15, -0.1) is 0 Å². The van der Waals surface area contributed by atoms with Gasteiger partial charge >= 0.3 is 24.1 Å². The molecule has 14 nitrogen and oxygen atoms in total. The first-order valence-electron chi connectivity index (χ1n) is 15.0. The summed E-state index contributed by atoms with van der Waals surface area (Å²) in [5, 5.41) is 28.9. The molecule has 262 valence electrons. The molecule has 0 saturated carbocycles. The van der Waals surface area contributed by atoms with Crippen molar-refractivity contribution in [3.05, 3.63) is 71.8 Å². The van der Waals surface area contributed by atoms with Crippen LogP contribution in [0.25, 0.3) is 0 Å². The van der Waals surface area contributed by atoms with Crippen LogP contribution in [-0.2, 0) is 41.9 Å². The molecule has 0 aliphatic heterocycles. The van der Waals surface area contributed by atoms with Crippen molar-refractivity contribution in [1.29, 1.82) is 0 Å². The highest BCUT2D eigenvalue weighted by molar-refractivity contribution is 8.76. The second kappa shape index (κ2) is 20.7. The Kier molecular flexibility index (Phi) is 17.2. The van der Waals surface area contributed by atoms with Crippen molar-refractivity contribution in [2.75, 3.05) is 11.5 Å².